The minimum atomic E-state index is -3.53. The zero-order valence-electron chi connectivity index (χ0n) is 16.1. The topological polar surface area (TPSA) is 86.7 Å². The summed E-state index contributed by atoms with van der Waals surface area (Å²) in [5.41, 5.74) is 1.14. The molecule has 0 spiro atoms. The lowest BCUT2D eigenvalue weighted by molar-refractivity contribution is -0.139. The van der Waals surface area contributed by atoms with Gasteiger partial charge in [-0.2, -0.15) is 0 Å². The molecule has 0 unspecified atom stereocenters. The average molecular weight is 395 g/mol. The van der Waals surface area contributed by atoms with Crippen LogP contribution in [0, 0.1) is 11.8 Å². The lowest BCUT2D eigenvalue weighted by Gasteiger charge is -2.42. The Morgan fingerprint density at radius 3 is 2.37 bits per heavy atom. The summed E-state index contributed by atoms with van der Waals surface area (Å²) in [5, 5.41) is 9.11. The SMILES string of the molecule is CC(C)Cc1ccc(S(=O)(=O)NC2CC(N(CC(=O)O)CC3CC3)C2)cc1. The van der Waals surface area contributed by atoms with Crippen LogP contribution >= 0.6 is 0 Å². The second-order valence-electron chi connectivity index (χ2n) is 8.45. The largest absolute Gasteiger partial charge is 0.480 e. The molecule has 6 nitrogen and oxygen atoms in total. The van der Waals surface area contributed by atoms with Gasteiger partial charge in [0.25, 0.3) is 0 Å². The molecule has 0 aliphatic heterocycles. The summed E-state index contributed by atoms with van der Waals surface area (Å²) in [5.74, 6) is 0.326. The first-order valence-electron chi connectivity index (χ1n) is 9.80. The van der Waals surface area contributed by atoms with E-state index in [2.05, 4.69) is 18.6 Å². The van der Waals surface area contributed by atoms with Crippen LogP contribution in [-0.2, 0) is 21.2 Å². The van der Waals surface area contributed by atoms with Crippen LogP contribution in [0.4, 0.5) is 0 Å². The highest BCUT2D eigenvalue weighted by Gasteiger charge is 2.38. The Balaban J connectivity index is 1.53. The summed E-state index contributed by atoms with van der Waals surface area (Å²) in [7, 11) is -3.53. The molecule has 0 radical (unpaired) electrons. The minimum absolute atomic E-state index is 0.0396. The van der Waals surface area contributed by atoms with Crippen molar-refractivity contribution in [3.63, 3.8) is 0 Å². The zero-order chi connectivity index (χ0) is 19.6. The van der Waals surface area contributed by atoms with Gasteiger partial charge in [0.15, 0.2) is 0 Å². The average Bonchev–Trinajstić information content (AvgIpc) is 3.33. The molecule has 2 aliphatic carbocycles. The summed E-state index contributed by atoms with van der Waals surface area (Å²) in [6, 6.07) is 7.12. The van der Waals surface area contributed by atoms with E-state index >= 15 is 0 Å². The molecular formula is C20H30N2O4S. The van der Waals surface area contributed by atoms with Gasteiger partial charge < -0.3 is 5.11 Å². The second kappa shape index (κ2) is 8.29. The quantitative estimate of drug-likeness (QED) is 0.637. The Kier molecular flexibility index (Phi) is 6.23. The van der Waals surface area contributed by atoms with E-state index in [9.17, 15) is 13.2 Å². The number of benzene rings is 1. The molecule has 2 N–H and O–H groups in total. The number of aliphatic carboxylic acids is 1. The summed E-state index contributed by atoms with van der Waals surface area (Å²) < 4.78 is 28.0. The van der Waals surface area contributed by atoms with Crippen molar-refractivity contribution < 1.29 is 18.3 Å². The molecule has 2 fully saturated rings. The maximum absolute atomic E-state index is 12.6. The fraction of sp³-hybridized carbons (Fsp3) is 0.650. The van der Waals surface area contributed by atoms with Crippen LogP contribution in [0.5, 0.6) is 0 Å². The minimum Gasteiger partial charge on any atom is -0.480 e. The number of hydrogen-bond acceptors (Lipinski definition) is 4. The van der Waals surface area contributed by atoms with Gasteiger partial charge in [0, 0.05) is 18.6 Å². The van der Waals surface area contributed by atoms with Crippen LogP contribution in [0.3, 0.4) is 0 Å². The van der Waals surface area contributed by atoms with Crippen molar-refractivity contribution in [2.24, 2.45) is 11.8 Å². The van der Waals surface area contributed by atoms with Crippen molar-refractivity contribution >= 4 is 16.0 Å². The molecule has 1 aromatic rings. The van der Waals surface area contributed by atoms with E-state index in [1.165, 1.54) is 12.8 Å². The van der Waals surface area contributed by atoms with Gasteiger partial charge in [-0.05, 0) is 61.6 Å². The Hall–Kier alpha value is -1.44. The highest BCUT2D eigenvalue weighted by molar-refractivity contribution is 7.89. The molecule has 0 atom stereocenters. The van der Waals surface area contributed by atoms with Crippen LogP contribution in [-0.4, -0.2) is 49.6 Å². The number of carboxylic acids is 1. The number of rotatable bonds is 10. The van der Waals surface area contributed by atoms with Crippen LogP contribution in [0.1, 0.15) is 45.1 Å². The molecule has 0 aromatic heterocycles. The molecule has 27 heavy (non-hydrogen) atoms. The standard InChI is InChI=1S/C20H30N2O4S/c1-14(2)9-15-5-7-19(8-6-15)27(25,26)21-17-10-18(11-17)22(13-20(23)24)12-16-3-4-16/h5-8,14,16-18,21H,3-4,9-13H2,1-2H3,(H,23,24). The summed E-state index contributed by atoms with van der Waals surface area (Å²) in [6.45, 7) is 5.12. The van der Waals surface area contributed by atoms with Crippen LogP contribution < -0.4 is 4.72 Å². The maximum Gasteiger partial charge on any atom is 0.317 e. The van der Waals surface area contributed by atoms with E-state index in [-0.39, 0.29) is 18.6 Å². The number of nitrogens with zero attached hydrogens (tertiary/aromatic N) is 1. The molecule has 0 saturated heterocycles. The van der Waals surface area contributed by atoms with Gasteiger partial charge in [-0.25, -0.2) is 13.1 Å². The predicted octanol–water partition coefficient (Wildman–Crippen LogP) is 2.49. The Morgan fingerprint density at radius 1 is 1.22 bits per heavy atom. The lowest BCUT2D eigenvalue weighted by Crippen LogP contribution is -2.55. The Morgan fingerprint density at radius 2 is 1.85 bits per heavy atom. The van der Waals surface area contributed by atoms with Gasteiger partial charge >= 0.3 is 5.97 Å². The molecule has 150 valence electrons. The van der Waals surface area contributed by atoms with Gasteiger partial charge in [-0.1, -0.05) is 26.0 Å². The fourth-order valence-electron chi connectivity index (χ4n) is 3.69. The zero-order valence-corrected chi connectivity index (χ0v) is 16.9. The van der Waals surface area contributed by atoms with E-state index in [0.717, 1.165) is 18.5 Å². The highest BCUT2D eigenvalue weighted by atomic mass is 32.2. The van der Waals surface area contributed by atoms with Crippen molar-refractivity contribution in [3.05, 3.63) is 29.8 Å². The van der Waals surface area contributed by atoms with Crippen molar-refractivity contribution in [1.29, 1.82) is 0 Å². The van der Waals surface area contributed by atoms with E-state index < -0.39 is 16.0 Å². The smallest absolute Gasteiger partial charge is 0.317 e. The first-order chi connectivity index (χ1) is 12.7. The number of hydrogen-bond donors (Lipinski definition) is 2. The number of sulfonamides is 1. The third kappa shape index (κ3) is 5.77. The molecule has 0 bridgehead atoms. The maximum atomic E-state index is 12.6. The summed E-state index contributed by atoms with van der Waals surface area (Å²) >= 11 is 0. The number of carboxylic acid groups (broad SMARTS) is 1. The Bertz CT molecular complexity index is 751. The summed E-state index contributed by atoms with van der Waals surface area (Å²) in [4.78, 5) is 13.4. The monoisotopic (exact) mass is 394 g/mol. The second-order valence-corrected chi connectivity index (χ2v) is 10.2. The third-order valence-corrected chi connectivity index (χ3v) is 6.89. The van der Waals surface area contributed by atoms with Gasteiger partial charge in [-0.3, -0.25) is 9.69 Å². The molecule has 1 aromatic carbocycles. The predicted molar refractivity (Wildman–Crippen MR) is 104 cm³/mol. The van der Waals surface area contributed by atoms with Crippen LogP contribution in [0.2, 0.25) is 0 Å². The molecular weight excluding hydrogens is 364 g/mol. The van der Waals surface area contributed by atoms with Gasteiger partial charge in [0.1, 0.15) is 0 Å². The lowest BCUT2D eigenvalue weighted by atomic mass is 9.86. The van der Waals surface area contributed by atoms with E-state index in [0.29, 0.717) is 29.6 Å². The highest BCUT2D eigenvalue weighted by Crippen LogP contribution is 2.34. The first kappa shape index (κ1) is 20.3. The molecule has 0 amide bonds. The van der Waals surface area contributed by atoms with Gasteiger partial charge in [0.2, 0.25) is 10.0 Å². The molecule has 2 aliphatic rings. The molecule has 0 heterocycles. The molecule has 2 saturated carbocycles. The van der Waals surface area contributed by atoms with E-state index in [1.54, 1.807) is 12.1 Å². The van der Waals surface area contributed by atoms with Crippen LogP contribution in [0.15, 0.2) is 29.2 Å². The van der Waals surface area contributed by atoms with Crippen LogP contribution in [0.25, 0.3) is 0 Å². The fourth-order valence-corrected chi connectivity index (χ4v) is 4.96. The number of carbonyl (C=O) groups is 1. The van der Waals surface area contributed by atoms with E-state index in [4.69, 9.17) is 5.11 Å². The van der Waals surface area contributed by atoms with E-state index in [1.807, 2.05) is 17.0 Å². The summed E-state index contributed by atoms with van der Waals surface area (Å²) in [6.07, 6.45) is 4.62. The number of nitrogens with one attached hydrogen (secondary N) is 1. The first-order valence-corrected chi connectivity index (χ1v) is 11.3. The molecule has 3 rings (SSSR count). The normalized spacial score (nSPS) is 22.8. The van der Waals surface area contributed by atoms with Crippen molar-refractivity contribution in [2.75, 3.05) is 13.1 Å². The van der Waals surface area contributed by atoms with Crippen molar-refractivity contribution in [2.45, 2.75) is 62.9 Å². The molecule has 7 heteroatoms. The van der Waals surface area contributed by atoms with Crippen molar-refractivity contribution in [1.82, 2.24) is 9.62 Å². The van der Waals surface area contributed by atoms with Gasteiger partial charge in [0.05, 0.1) is 11.4 Å². The van der Waals surface area contributed by atoms with Gasteiger partial charge in [-0.15, -0.1) is 0 Å². The third-order valence-electron chi connectivity index (χ3n) is 5.36. The van der Waals surface area contributed by atoms with Crippen molar-refractivity contribution in [3.8, 4) is 0 Å². The Labute approximate surface area is 162 Å².